The highest BCUT2D eigenvalue weighted by Crippen LogP contribution is 2.29. The molecule has 1 aliphatic heterocycles. The van der Waals surface area contributed by atoms with E-state index < -0.39 is 0 Å². The van der Waals surface area contributed by atoms with E-state index in [1.165, 1.54) is 11.3 Å². The Balaban J connectivity index is 2.05. The Morgan fingerprint density at radius 2 is 2.06 bits per heavy atom. The Bertz CT molecular complexity index is 440. The van der Waals surface area contributed by atoms with E-state index in [0.29, 0.717) is 21.9 Å². The van der Waals surface area contributed by atoms with Crippen LogP contribution in [0.5, 0.6) is 0 Å². The zero-order valence-electron chi connectivity index (χ0n) is 10.2. The highest BCUT2D eigenvalue weighted by Gasteiger charge is 2.26. The van der Waals surface area contributed by atoms with E-state index in [9.17, 15) is 0 Å². The molecule has 0 saturated heterocycles. The molecule has 0 aliphatic carbocycles. The summed E-state index contributed by atoms with van der Waals surface area (Å²) in [5.41, 5.74) is 2.61. The highest BCUT2D eigenvalue weighted by atomic mass is 35.5. The second kappa shape index (κ2) is 5.41. The van der Waals surface area contributed by atoms with Crippen LogP contribution in [0, 0.1) is 11.8 Å². The van der Waals surface area contributed by atoms with E-state index in [0.717, 1.165) is 19.4 Å². The normalized spacial score (nSPS) is 23.9. The molecule has 2 rings (SSSR count). The molecule has 0 N–H and O–H groups in total. The number of aliphatic imine (C=N–C) groups is 1. The van der Waals surface area contributed by atoms with Crippen LogP contribution in [0.1, 0.15) is 25.8 Å². The van der Waals surface area contributed by atoms with Crippen LogP contribution in [0.3, 0.4) is 0 Å². The largest absolute Gasteiger partial charge is 0.294 e. The molecule has 1 nitrogen and oxygen atoms in total. The predicted octanol–water partition coefficient (Wildman–Crippen LogP) is 4.65. The van der Waals surface area contributed by atoms with Crippen molar-refractivity contribution in [3.8, 4) is 0 Å². The second-order valence-electron chi connectivity index (χ2n) is 4.69. The fourth-order valence-electron chi connectivity index (χ4n) is 2.45. The average Bonchev–Trinajstić information content (AvgIpc) is 2.65. The molecule has 0 amide bonds. The fraction of sp³-hybridized carbons (Fsp3) is 0.500. The van der Waals surface area contributed by atoms with E-state index >= 15 is 0 Å². The van der Waals surface area contributed by atoms with E-state index in [-0.39, 0.29) is 0 Å². The monoisotopic (exact) mass is 269 g/mol. The minimum absolute atomic E-state index is 0.592. The molecule has 1 aromatic carbocycles. The molecule has 1 aliphatic rings. The van der Waals surface area contributed by atoms with Crippen molar-refractivity contribution in [3.63, 3.8) is 0 Å². The van der Waals surface area contributed by atoms with Crippen LogP contribution in [0.25, 0.3) is 0 Å². The number of rotatable bonds is 3. The maximum absolute atomic E-state index is 6.03. The quantitative estimate of drug-likeness (QED) is 0.758. The number of hydrogen-bond donors (Lipinski definition) is 0. The average molecular weight is 270 g/mol. The summed E-state index contributed by atoms with van der Waals surface area (Å²) in [6.07, 6.45) is 2.10. The molecule has 1 aromatic rings. The molecule has 0 bridgehead atoms. The van der Waals surface area contributed by atoms with Gasteiger partial charge in [0.1, 0.15) is 0 Å². The van der Waals surface area contributed by atoms with Crippen LogP contribution in [-0.4, -0.2) is 12.3 Å². The third-order valence-corrected chi connectivity index (χ3v) is 4.34. The Labute approximate surface area is 113 Å². The van der Waals surface area contributed by atoms with Gasteiger partial charge in [0, 0.05) is 12.3 Å². The summed E-state index contributed by atoms with van der Waals surface area (Å²) >= 11 is 11.9. The van der Waals surface area contributed by atoms with Crippen molar-refractivity contribution < 1.29 is 0 Å². The van der Waals surface area contributed by atoms with E-state index in [1.807, 2.05) is 12.1 Å². The van der Waals surface area contributed by atoms with Crippen molar-refractivity contribution in [3.05, 3.63) is 33.8 Å². The van der Waals surface area contributed by atoms with Crippen molar-refractivity contribution in [2.45, 2.75) is 26.7 Å². The molecule has 0 spiro atoms. The Kier molecular flexibility index (Phi) is 4.11. The maximum Gasteiger partial charge on any atom is 0.0595 e. The van der Waals surface area contributed by atoms with Gasteiger partial charge in [-0.15, -0.1) is 0 Å². The summed E-state index contributed by atoms with van der Waals surface area (Å²) in [4.78, 5) is 4.61. The highest BCUT2D eigenvalue weighted by molar-refractivity contribution is 6.42. The topological polar surface area (TPSA) is 12.4 Å². The molecule has 2 unspecified atom stereocenters. The second-order valence-corrected chi connectivity index (χ2v) is 5.50. The number of nitrogens with zero attached hydrogens (tertiary/aromatic N) is 1. The van der Waals surface area contributed by atoms with E-state index in [1.54, 1.807) is 0 Å². The van der Waals surface area contributed by atoms with Gasteiger partial charge in [-0.1, -0.05) is 43.1 Å². The van der Waals surface area contributed by atoms with Gasteiger partial charge < -0.3 is 0 Å². The summed E-state index contributed by atoms with van der Waals surface area (Å²) in [5.74, 6) is 1.21. The van der Waals surface area contributed by atoms with Crippen LogP contribution in [0.4, 0.5) is 0 Å². The lowest BCUT2D eigenvalue weighted by Gasteiger charge is -2.16. The van der Waals surface area contributed by atoms with Crippen molar-refractivity contribution >= 4 is 28.9 Å². The SMILES string of the molecule is CCC1=NCC(Cc2ccc(Cl)c(Cl)c2)C1C. The first-order valence-corrected chi connectivity index (χ1v) is 6.84. The predicted molar refractivity (Wildman–Crippen MR) is 75.4 cm³/mol. The molecule has 1 heterocycles. The van der Waals surface area contributed by atoms with Gasteiger partial charge in [0.2, 0.25) is 0 Å². The summed E-state index contributed by atoms with van der Waals surface area (Å²) < 4.78 is 0. The van der Waals surface area contributed by atoms with Crippen molar-refractivity contribution in [2.24, 2.45) is 16.8 Å². The van der Waals surface area contributed by atoms with Gasteiger partial charge in [0.25, 0.3) is 0 Å². The van der Waals surface area contributed by atoms with Crippen LogP contribution >= 0.6 is 23.2 Å². The zero-order chi connectivity index (χ0) is 12.4. The lowest BCUT2D eigenvalue weighted by atomic mass is 9.87. The fourth-order valence-corrected chi connectivity index (χ4v) is 2.77. The first-order valence-electron chi connectivity index (χ1n) is 6.09. The summed E-state index contributed by atoms with van der Waals surface area (Å²) in [6, 6.07) is 5.91. The van der Waals surface area contributed by atoms with Crippen LogP contribution in [0.15, 0.2) is 23.2 Å². The van der Waals surface area contributed by atoms with Gasteiger partial charge in [0.15, 0.2) is 0 Å². The van der Waals surface area contributed by atoms with Gasteiger partial charge in [-0.05, 0) is 42.4 Å². The molecular formula is C14H17Cl2N. The molecule has 0 saturated carbocycles. The molecule has 92 valence electrons. The van der Waals surface area contributed by atoms with Gasteiger partial charge in [-0.2, -0.15) is 0 Å². The van der Waals surface area contributed by atoms with Crippen LogP contribution < -0.4 is 0 Å². The van der Waals surface area contributed by atoms with E-state index in [2.05, 4.69) is 24.9 Å². The zero-order valence-corrected chi connectivity index (χ0v) is 11.7. The number of hydrogen-bond acceptors (Lipinski definition) is 1. The smallest absolute Gasteiger partial charge is 0.0595 e. The molecular weight excluding hydrogens is 253 g/mol. The minimum Gasteiger partial charge on any atom is -0.294 e. The van der Waals surface area contributed by atoms with Crippen molar-refractivity contribution in [1.29, 1.82) is 0 Å². The van der Waals surface area contributed by atoms with Crippen molar-refractivity contribution in [1.82, 2.24) is 0 Å². The van der Waals surface area contributed by atoms with Gasteiger partial charge in [-0.3, -0.25) is 4.99 Å². The van der Waals surface area contributed by atoms with Gasteiger partial charge in [0.05, 0.1) is 10.0 Å². The van der Waals surface area contributed by atoms with E-state index in [4.69, 9.17) is 23.2 Å². The Morgan fingerprint density at radius 1 is 1.29 bits per heavy atom. The lowest BCUT2D eigenvalue weighted by Crippen LogP contribution is -2.17. The third-order valence-electron chi connectivity index (χ3n) is 3.61. The third kappa shape index (κ3) is 2.83. The summed E-state index contributed by atoms with van der Waals surface area (Å²) in [7, 11) is 0. The molecule has 0 radical (unpaired) electrons. The standard InChI is InChI=1S/C14H17Cl2N/c1-3-14-9(2)11(8-17-14)6-10-4-5-12(15)13(16)7-10/h4-5,7,9,11H,3,6,8H2,1-2H3. The lowest BCUT2D eigenvalue weighted by molar-refractivity contribution is 0.480. The minimum atomic E-state index is 0.592. The van der Waals surface area contributed by atoms with Crippen molar-refractivity contribution in [2.75, 3.05) is 6.54 Å². The molecule has 0 fully saturated rings. The van der Waals surface area contributed by atoms with Crippen LogP contribution in [-0.2, 0) is 6.42 Å². The summed E-state index contributed by atoms with van der Waals surface area (Å²) in [5, 5.41) is 1.27. The Hall–Kier alpha value is -0.530. The first-order chi connectivity index (χ1) is 8.11. The van der Waals surface area contributed by atoms with Gasteiger partial charge >= 0.3 is 0 Å². The number of benzene rings is 1. The van der Waals surface area contributed by atoms with Gasteiger partial charge in [-0.25, -0.2) is 0 Å². The summed E-state index contributed by atoms with van der Waals surface area (Å²) in [6.45, 7) is 5.40. The number of halogens is 2. The molecule has 17 heavy (non-hydrogen) atoms. The Morgan fingerprint density at radius 3 is 2.65 bits per heavy atom. The maximum atomic E-state index is 6.03. The first kappa shape index (κ1) is 12.9. The molecule has 2 atom stereocenters. The molecule has 3 heteroatoms. The molecule has 0 aromatic heterocycles. The van der Waals surface area contributed by atoms with Crippen LogP contribution in [0.2, 0.25) is 10.0 Å².